The summed E-state index contributed by atoms with van der Waals surface area (Å²) in [6, 6.07) is 0.679. The lowest BCUT2D eigenvalue weighted by atomic mass is 9.82. The van der Waals surface area contributed by atoms with Gasteiger partial charge in [0, 0.05) is 25.0 Å². The lowest BCUT2D eigenvalue weighted by Crippen LogP contribution is -2.47. The first-order valence-electron chi connectivity index (χ1n) is 6.05. The first kappa shape index (κ1) is 13.3. The van der Waals surface area contributed by atoms with Gasteiger partial charge in [0.05, 0.1) is 0 Å². The highest BCUT2D eigenvalue weighted by atomic mass is 32.2. The van der Waals surface area contributed by atoms with Gasteiger partial charge < -0.3 is 10.1 Å². The molecule has 0 aliphatic carbocycles. The fraction of sp³-hybridized carbons (Fsp3) is 1.00. The number of nitrogens with one attached hydrogen (secondary N) is 1. The van der Waals surface area contributed by atoms with E-state index in [2.05, 4.69) is 30.9 Å². The molecule has 1 aliphatic rings. The molecule has 3 heteroatoms. The van der Waals surface area contributed by atoms with E-state index >= 15 is 0 Å². The van der Waals surface area contributed by atoms with Gasteiger partial charge in [-0.1, -0.05) is 13.8 Å². The summed E-state index contributed by atoms with van der Waals surface area (Å²) in [6.45, 7) is 9.64. The highest BCUT2D eigenvalue weighted by Gasteiger charge is 2.31. The van der Waals surface area contributed by atoms with Crippen molar-refractivity contribution in [1.82, 2.24) is 5.32 Å². The van der Waals surface area contributed by atoms with E-state index in [1.165, 1.54) is 17.9 Å². The fourth-order valence-corrected chi connectivity index (χ4v) is 3.51. The van der Waals surface area contributed by atoms with Crippen LogP contribution < -0.4 is 5.32 Å². The summed E-state index contributed by atoms with van der Waals surface area (Å²) >= 11 is 2.08. The third-order valence-corrected chi connectivity index (χ3v) is 4.24. The topological polar surface area (TPSA) is 21.3 Å². The molecule has 1 heterocycles. The predicted octanol–water partition coefficient (Wildman–Crippen LogP) is 2.53. The molecule has 0 saturated carbocycles. The average molecular weight is 231 g/mol. The van der Waals surface area contributed by atoms with E-state index in [1.807, 2.05) is 6.92 Å². The maximum absolute atomic E-state index is 5.33. The molecule has 90 valence electrons. The second-order valence-corrected chi connectivity index (χ2v) is 6.02. The highest BCUT2D eigenvalue weighted by Crippen LogP contribution is 2.33. The fourth-order valence-electron chi connectivity index (χ4n) is 1.87. The number of hydrogen-bond donors (Lipinski definition) is 1. The SMILES string of the molecule is CCOCCCNC1CSCCC1(C)C. The third kappa shape index (κ3) is 4.75. The molecule has 1 N–H and O–H groups in total. The summed E-state index contributed by atoms with van der Waals surface area (Å²) in [4.78, 5) is 0. The van der Waals surface area contributed by atoms with Crippen LogP contribution in [0, 0.1) is 5.41 Å². The van der Waals surface area contributed by atoms with Crippen LogP contribution in [0.15, 0.2) is 0 Å². The zero-order valence-electron chi connectivity index (χ0n) is 10.3. The minimum Gasteiger partial charge on any atom is -0.382 e. The van der Waals surface area contributed by atoms with Crippen LogP contribution in [0.3, 0.4) is 0 Å². The Bertz CT molecular complexity index is 173. The van der Waals surface area contributed by atoms with Gasteiger partial charge in [-0.25, -0.2) is 0 Å². The Labute approximate surface area is 98.5 Å². The molecule has 0 radical (unpaired) electrons. The van der Waals surface area contributed by atoms with Crippen molar-refractivity contribution >= 4 is 11.8 Å². The Morgan fingerprint density at radius 2 is 2.27 bits per heavy atom. The van der Waals surface area contributed by atoms with E-state index in [9.17, 15) is 0 Å². The molecule has 0 amide bonds. The van der Waals surface area contributed by atoms with Crippen molar-refractivity contribution in [2.24, 2.45) is 5.41 Å². The molecule has 0 aromatic heterocycles. The molecule has 1 rings (SSSR count). The molecule has 0 spiro atoms. The van der Waals surface area contributed by atoms with Crippen molar-refractivity contribution in [3.05, 3.63) is 0 Å². The van der Waals surface area contributed by atoms with Gasteiger partial charge in [0.2, 0.25) is 0 Å². The maximum atomic E-state index is 5.33. The molecule has 2 nitrogen and oxygen atoms in total. The largest absolute Gasteiger partial charge is 0.382 e. The Balaban J connectivity index is 2.13. The van der Waals surface area contributed by atoms with Crippen molar-refractivity contribution in [2.45, 2.75) is 39.7 Å². The van der Waals surface area contributed by atoms with Gasteiger partial charge in [-0.3, -0.25) is 0 Å². The molecule has 15 heavy (non-hydrogen) atoms. The van der Waals surface area contributed by atoms with Gasteiger partial charge in [-0.2, -0.15) is 11.8 Å². The minimum absolute atomic E-state index is 0.469. The van der Waals surface area contributed by atoms with E-state index in [0.717, 1.165) is 26.2 Å². The molecule has 0 aromatic rings. The number of thioether (sulfide) groups is 1. The Morgan fingerprint density at radius 3 is 2.93 bits per heavy atom. The highest BCUT2D eigenvalue weighted by molar-refractivity contribution is 7.99. The van der Waals surface area contributed by atoms with Crippen molar-refractivity contribution in [2.75, 3.05) is 31.3 Å². The van der Waals surface area contributed by atoms with Crippen LogP contribution in [-0.4, -0.2) is 37.3 Å². The van der Waals surface area contributed by atoms with Crippen LogP contribution >= 0.6 is 11.8 Å². The molecule has 0 bridgehead atoms. The molecular weight excluding hydrogens is 206 g/mol. The standard InChI is InChI=1S/C12H25NOS/c1-4-14-8-5-7-13-11-10-15-9-6-12(11,2)3/h11,13H,4-10H2,1-3H3. The Hall–Kier alpha value is 0.270. The molecule has 1 saturated heterocycles. The van der Waals surface area contributed by atoms with Crippen LogP contribution in [0.2, 0.25) is 0 Å². The maximum Gasteiger partial charge on any atom is 0.0477 e. The summed E-state index contributed by atoms with van der Waals surface area (Å²) in [5, 5.41) is 3.67. The zero-order chi connectivity index (χ0) is 11.1. The van der Waals surface area contributed by atoms with Crippen molar-refractivity contribution in [3.8, 4) is 0 Å². The monoisotopic (exact) mass is 231 g/mol. The molecule has 1 fully saturated rings. The van der Waals surface area contributed by atoms with Gasteiger partial charge in [0.15, 0.2) is 0 Å². The second-order valence-electron chi connectivity index (χ2n) is 4.87. The van der Waals surface area contributed by atoms with Crippen molar-refractivity contribution in [1.29, 1.82) is 0 Å². The van der Waals surface area contributed by atoms with E-state index in [0.29, 0.717) is 11.5 Å². The van der Waals surface area contributed by atoms with Gasteiger partial charge in [0.1, 0.15) is 0 Å². The van der Waals surface area contributed by atoms with Crippen LogP contribution in [0.1, 0.15) is 33.6 Å². The van der Waals surface area contributed by atoms with E-state index in [1.54, 1.807) is 0 Å². The van der Waals surface area contributed by atoms with Crippen LogP contribution in [0.5, 0.6) is 0 Å². The van der Waals surface area contributed by atoms with E-state index < -0.39 is 0 Å². The number of ether oxygens (including phenoxy) is 1. The summed E-state index contributed by atoms with van der Waals surface area (Å²) < 4.78 is 5.33. The smallest absolute Gasteiger partial charge is 0.0477 e. The van der Waals surface area contributed by atoms with Gasteiger partial charge in [-0.15, -0.1) is 0 Å². The molecule has 0 aromatic carbocycles. The lowest BCUT2D eigenvalue weighted by molar-refractivity contribution is 0.141. The first-order chi connectivity index (χ1) is 7.17. The van der Waals surface area contributed by atoms with Crippen LogP contribution in [-0.2, 0) is 4.74 Å². The summed E-state index contributed by atoms with van der Waals surface area (Å²) in [7, 11) is 0. The Morgan fingerprint density at radius 1 is 1.47 bits per heavy atom. The first-order valence-corrected chi connectivity index (χ1v) is 7.21. The summed E-state index contributed by atoms with van der Waals surface area (Å²) in [5.74, 6) is 2.59. The number of rotatable bonds is 6. The second kappa shape index (κ2) is 6.77. The molecular formula is C12H25NOS. The molecule has 1 atom stereocenters. The average Bonchev–Trinajstić information content (AvgIpc) is 2.19. The third-order valence-electron chi connectivity index (χ3n) is 3.18. The van der Waals surface area contributed by atoms with Gasteiger partial charge in [-0.05, 0) is 37.5 Å². The van der Waals surface area contributed by atoms with Crippen molar-refractivity contribution in [3.63, 3.8) is 0 Å². The summed E-state index contributed by atoms with van der Waals surface area (Å²) in [5.41, 5.74) is 0.469. The molecule has 1 unspecified atom stereocenters. The van der Waals surface area contributed by atoms with Gasteiger partial charge >= 0.3 is 0 Å². The van der Waals surface area contributed by atoms with Crippen molar-refractivity contribution < 1.29 is 4.74 Å². The van der Waals surface area contributed by atoms with Crippen LogP contribution in [0.4, 0.5) is 0 Å². The molecule has 1 aliphatic heterocycles. The van der Waals surface area contributed by atoms with Gasteiger partial charge in [0.25, 0.3) is 0 Å². The quantitative estimate of drug-likeness (QED) is 0.710. The normalized spacial score (nSPS) is 25.4. The zero-order valence-corrected chi connectivity index (χ0v) is 11.2. The van der Waals surface area contributed by atoms with Crippen LogP contribution in [0.25, 0.3) is 0 Å². The predicted molar refractivity (Wildman–Crippen MR) is 68.6 cm³/mol. The lowest BCUT2D eigenvalue weighted by Gasteiger charge is -2.38. The minimum atomic E-state index is 0.469. The number of hydrogen-bond acceptors (Lipinski definition) is 3. The Kier molecular flexibility index (Phi) is 6.02. The summed E-state index contributed by atoms with van der Waals surface area (Å²) in [6.07, 6.45) is 2.46. The van der Waals surface area contributed by atoms with E-state index in [-0.39, 0.29) is 0 Å². The van der Waals surface area contributed by atoms with E-state index in [4.69, 9.17) is 4.74 Å².